The number of anilines is 2. The maximum atomic E-state index is 13.9. The Balaban J connectivity index is 1.20. The molecule has 2 aromatic heterocycles. The van der Waals surface area contributed by atoms with Gasteiger partial charge in [0, 0.05) is 18.7 Å². The minimum Gasteiger partial charge on any atom is -0.382 e. The van der Waals surface area contributed by atoms with E-state index in [1.807, 2.05) is 12.1 Å². The van der Waals surface area contributed by atoms with Gasteiger partial charge in [0.25, 0.3) is 5.91 Å². The van der Waals surface area contributed by atoms with Crippen LogP contribution in [0.3, 0.4) is 0 Å². The SMILES string of the molecule is CCCCCCCC/C=C\CCCCCCCCOP(=O)(CCCNCCCNCCCCNCCCNC(=O)c1ccc(Cn2c(=O)[nH]c3c(N)nc(NCCCC)nc32)cc1)OCCCCCCCC/C=C\CCCCCCCC. The van der Waals surface area contributed by atoms with E-state index in [2.05, 4.69) is 86.6 Å². The number of carbonyl (C=O) groups is 1. The number of unbranched alkanes of at least 4 members (excludes halogenated alkanes) is 26. The Hall–Kier alpha value is -3.85. The molecule has 8 N–H and O–H groups in total. The number of fused-ring (bicyclic) bond motifs is 1. The number of amides is 1. The lowest BCUT2D eigenvalue weighted by molar-refractivity contribution is 0.0953. The molecule has 0 aliphatic heterocycles. The summed E-state index contributed by atoms with van der Waals surface area (Å²) >= 11 is 0. The number of nitrogens with zero attached hydrogens (tertiary/aromatic N) is 3. The van der Waals surface area contributed by atoms with Crippen LogP contribution in [0.1, 0.15) is 261 Å². The van der Waals surface area contributed by atoms with E-state index in [-0.39, 0.29) is 24.0 Å². The summed E-state index contributed by atoms with van der Waals surface area (Å²) in [6, 6.07) is 7.28. The summed E-state index contributed by atoms with van der Waals surface area (Å²) in [4.78, 5) is 37.3. The predicted molar refractivity (Wildman–Crippen MR) is 349 cm³/mol. The highest BCUT2D eigenvalue weighted by Gasteiger charge is 2.24. The van der Waals surface area contributed by atoms with E-state index >= 15 is 0 Å². The molecule has 15 nitrogen and oxygen atoms in total. The summed E-state index contributed by atoms with van der Waals surface area (Å²) in [7, 11) is -3.13. The van der Waals surface area contributed by atoms with Crippen LogP contribution in [-0.2, 0) is 20.2 Å². The van der Waals surface area contributed by atoms with Crippen molar-refractivity contribution in [2.75, 3.05) is 82.8 Å². The molecule has 0 aliphatic carbocycles. The van der Waals surface area contributed by atoms with Gasteiger partial charge in [-0.05, 0) is 160 Å². The first-order valence-corrected chi connectivity index (χ1v) is 35.2. The Morgan fingerprint density at radius 3 is 1.48 bits per heavy atom. The average molecular weight is 1160 g/mol. The number of nitrogens with one attached hydrogen (secondary N) is 6. The summed E-state index contributed by atoms with van der Waals surface area (Å²) in [5.41, 5.74) is 8.11. The molecule has 2 heterocycles. The standard InChI is InChI=1S/C66H119N10O5P/c1-4-7-10-12-14-16-18-20-22-24-26-28-30-32-34-38-55-80-82(79,81-56-39-35-33-31-29-27-25-23-21-19-17-15-13-11-8-5-2)57-42-52-70-50-40-49-68-47-36-37-48-69-51-41-54-71-64(77)60-45-43-59(44-46-60)58-76-63-61(73-66(76)78)62(67)74-65(75-63)72-53-9-6-3/h20-23,43-46,68-70H,4-19,24-42,47-58H2,1-3H3,(H,71,77)(H,73,78)(H3,67,72,74,75)/b22-20-,23-21-. The average Bonchev–Trinajstić information content (AvgIpc) is 4.03. The van der Waals surface area contributed by atoms with E-state index in [0.29, 0.717) is 48.6 Å². The summed E-state index contributed by atoms with van der Waals surface area (Å²) in [6.45, 7) is 14.8. The number of hydrogen-bond acceptors (Lipinski definition) is 12. The largest absolute Gasteiger partial charge is 0.382 e. The van der Waals surface area contributed by atoms with E-state index in [0.717, 1.165) is 122 Å². The fourth-order valence-electron chi connectivity index (χ4n) is 10.00. The number of aromatic amines is 1. The van der Waals surface area contributed by atoms with Crippen molar-refractivity contribution in [1.29, 1.82) is 0 Å². The molecule has 3 rings (SSSR count). The first-order valence-electron chi connectivity index (χ1n) is 33.5. The molecule has 0 saturated carbocycles. The van der Waals surface area contributed by atoms with Crippen LogP contribution in [0.4, 0.5) is 11.8 Å². The third-order valence-electron chi connectivity index (χ3n) is 15.2. The van der Waals surface area contributed by atoms with Crippen LogP contribution < -0.4 is 38.0 Å². The van der Waals surface area contributed by atoms with Crippen molar-refractivity contribution in [3.05, 3.63) is 70.2 Å². The lowest BCUT2D eigenvalue weighted by atomic mass is 10.1. The second kappa shape index (κ2) is 50.5. The molecule has 0 saturated heterocycles. The number of imidazole rings is 1. The molecule has 0 bridgehead atoms. The molecule has 468 valence electrons. The molecule has 0 radical (unpaired) electrons. The van der Waals surface area contributed by atoms with Crippen LogP contribution in [-0.4, -0.2) is 97.2 Å². The topological polar surface area (TPSA) is 202 Å². The van der Waals surface area contributed by atoms with Crippen molar-refractivity contribution in [2.45, 2.75) is 252 Å². The molecule has 0 atom stereocenters. The van der Waals surface area contributed by atoms with Gasteiger partial charge in [-0.25, -0.2) is 4.79 Å². The first kappa shape index (κ1) is 72.4. The van der Waals surface area contributed by atoms with Gasteiger partial charge in [0.2, 0.25) is 5.95 Å². The Kier molecular flexibility index (Phi) is 44.6. The normalized spacial score (nSPS) is 12.0. The summed E-state index contributed by atoms with van der Waals surface area (Å²) in [6.07, 6.45) is 52.3. The van der Waals surface area contributed by atoms with Crippen LogP contribution in [0.5, 0.6) is 0 Å². The summed E-state index contributed by atoms with van der Waals surface area (Å²) in [5, 5.41) is 16.8. The third kappa shape index (κ3) is 36.8. The number of nitrogens with two attached hydrogens (primary N) is 1. The fourth-order valence-corrected chi connectivity index (χ4v) is 11.7. The Morgan fingerprint density at radius 1 is 0.537 bits per heavy atom. The zero-order chi connectivity index (χ0) is 58.7. The number of nitrogen functional groups attached to an aromatic ring is 1. The van der Waals surface area contributed by atoms with Crippen molar-refractivity contribution in [1.82, 2.24) is 40.8 Å². The van der Waals surface area contributed by atoms with Crippen molar-refractivity contribution in [3.8, 4) is 0 Å². The molecule has 82 heavy (non-hydrogen) atoms. The van der Waals surface area contributed by atoms with Gasteiger partial charge in [-0.3, -0.25) is 13.9 Å². The second-order valence-corrected chi connectivity index (χ2v) is 25.0. The lowest BCUT2D eigenvalue weighted by Gasteiger charge is -2.19. The van der Waals surface area contributed by atoms with Gasteiger partial charge in [0.15, 0.2) is 11.5 Å². The zero-order valence-electron chi connectivity index (χ0n) is 52.3. The van der Waals surface area contributed by atoms with Gasteiger partial charge in [0.1, 0.15) is 5.52 Å². The highest BCUT2D eigenvalue weighted by molar-refractivity contribution is 7.53. The van der Waals surface area contributed by atoms with Gasteiger partial charge in [-0.15, -0.1) is 0 Å². The highest BCUT2D eigenvalue weighted by atomic mass is 31.2. The molecule has 16 heteroatoms. The molecule has 0 spiro atoms. The van der Waals surface area contributed by atoms with E-state index in [9.17, 15) is 14.2 Å². The van der Waals surface area contributed by atoms with Crippen LogP contribution >= 0.6 is 7.60 Å². The molecular formula is C66H119N10O5P. The molecular weight excluding hydrogens is 1040 g/mol. The Morgan fingerprint density at radius 2 is 0.976 bits per heavy atom. The Bertz CT molecular complexity index is 2120. The molecule has 1 aromatic carbocycles. The number of rotatable bonds is 58. The van der Waals surface area contributed by atoms with Crippen LogP contribution in [0.15, 0.2) is 53.4 Å². The number of aromatic nitrogens is 4. The van der Waals surface area contributed by atoms with Gasteiger partial charge in [-0.1, -0.05) is 179 Å². The van der Waals surface area contributed by atoms with Gasteiger partial charge in [-0.2, -0.15) is 9.97 Å². The van der Waals surface area contributed by atoms with Crippen molar-refractivity contribution in [2.24, 2.45) is 0 Å². The molecule has 0 fully saturated rings. The predicted octanol–water partition coefficient (Wildman–Crippen LogP) is 15.7. The van der Waals surface area contributed by atoms with Crippen LogP contribution in [0.2, 0.25) is 0 Å². The van der Waals surface area contributed by atoms with Crippen molar-refractivity contribution < 1.29 is 18.4 Å². The maximum absolute atomic E-state index is 13.9. The van der Waals surface area contributed by atoms with E-state index < -0.39 is 7.60 Å². The summed E-state index contributed by atoms with van der Waals surface area (Å²) < 4.78 is 27.7. The van der Waals surface area contributed by atoms with Gasteiger partial charge in [0.05, 0.1) is 25.9 Å². The lowest BCUT2D eigenvalue weighted by Crippen LogP contribution is -2.28. The second-order valence-electron chi connectivity index (χ2n) is 22.8. The molecule has 3 aromatic rings. The third-order valence-corrected chi connectivity index (χ3v) is 17.2. The zero-order valence-corrected chi connectivity index (χ0v) is 53.2. The smallest absolute Gasteiger partial charge is 0.330 e. The van der Waals surface area contributed by atoms with Crippen LogP contribution in [0.25, 0.3) is 11.2 Å². The highest BCUT2D eigenvalue weighted by Crippen LogP contribution is 2.49. The summed E-state index contributed by atoms with van der Waals surface area (Å²) in [5.74, 6) is 0.495. The monoisotopic (exact) mass is 1160 g/mol. The quantitative estimate of drug-likeness (QED) is 0.0160. The number of allylic oxidation sites excluding steroid dienone is 4. The van der Waals surface area contributed by atoms with E-state index in [1.165, 1.54) is 159 Å². The first-order chi connectivity index (χ1) is 40.3. The minimum absolute atomic E-state index is 0.120. The molecule has 0 unspecified atom stereocenters. The van der Waals surface area contributed by atoms with Crippen LogP contribution in [0, 0.1) is 0 Å². The molecule has 1 amide bonds. The number of H-pyrrole nitrogens is 1. The Labute approximate surface area is 498 Å². The number of carbonyl (C=O) groups excluding carboxylic acids is 1. The maximum Gasteiger partial charge on any atom is 0.330 e. The van der Waals surface area contributed by atoms with E-state index in [4.69, 9.17) is 14.8 Å². The van der Waals surface area contributed by atoms with Crippen molar-refractivity contribution >= 4 is 36.4 Å². The van der Waals surface area contributed by atoms with Gasteiger partial charge >= 0.3 is 13.3 Å². The number of benzene rings is 1. The number of hydrogen-bond donors (Lipinski definition) is 7. The van der Waals surface area contributed by atoms with Crippen molar-refractivity contribution in [3.63, 3.8) is 0 Å². The molecule has 0 aliphatic rings. The minimum atomic E-state index is -3.13. The fraction of sp³-hybridized carbons (Fsp3) is 0.758. The van der Waals surface area contributed by atoms with Gasteiger partial charge < -0.3 is 46.3 Å². The van der Waals surface area contributed by atoms with E-state index in [1.54, 1.807) is 12.1 Å².